The molecule has 4 rings (SSSR count). The second kappa shape index (κ2) is 10.3. The van der Waals surface area contributed by atoms with Crippen LogP contribution in [0.2, 0.25) is 0 Å². The average Bonchev–Trinajstić information content (AvgIpc) is 3.24. The number of aromatic nitrogens is 4. The van der Waals surface area contributed by atoms with Crippen LogP contribution in [0.5, 0.6) is 5.75 Å². The number of nitrogens with zero attached hydrogens (tertiary/aromatic N) is 5. The number of nitrogens with one attached hydrogen (secondary N) is 2. The third-order valence-electron chi connectivity index (χ3n) is 5.19. The fraction of sp³-hybridized carbons (Fsp3) is 0.280. The van der Waals surface area contributed by atoms with Crippen molar-refractivity contribution in [3.05, 3.63) is 60.6 Å². The van der Waals surface area contributed by atoms with E-state index in [9.17, 15) is 4.79 Å². The van der Waals surface area contributed by atoms with E-state index in [1.807, 2.05) is 69.5 Å². The molecular formula is C25H29N7O2. The normalized spacial score (nSPS) is 11.1. The molecule has 0 saturated carbocycles. The zero-order chi connectivity index (χ0) is 24.1. The number of amides is 1. The van der Waals surface area contributed by atoms with Gasteiger partial charge in [-0.25, -0.2) is 9.97 Å². The maximum Gasteiger partial charge on any atom is 0.257 e. The van der Waals surface area contributed by atoms with E-state index in [1.165, 1.54) is 0 Å². The topological polar surface area (TPSA) is 97.2 Å². The van der Waals surface area contributed by atoms with Crippen LogP contribution in [0.3, 0.4) is 0 Å². The van der Waals surface area contributed by atoms with Gasteiger partial charge in [0.2, 0.25) is 5.95 Å². The third-order valence-corrected chi connectivity index (χ3v) is 5.19. The van der Waals surface area contributed by atoms with Crippen molar-refractivity contribution in [3.8, 4) is 16.9 Å². The summed E-state index contributed by atoms with van der Waals surface area (Å²) in [5.41, 5.74) is 4.60. The van der Waals surface area contributed by atoms with Crippen molar-refractivity contribution < 1.29 is 9.53 Å². The number of likely N-dealkylation sites (N-methyl/N-ethyl adjacent to an activating group) is 1. The molecule has 1 amide bonds. The molecule has 2 aromatic carbocycles. The van der Waals surface area contributed by atoms with Crippen LogP contribution in [0.1, 0.15) is 5.56 Å². The molecule has 2 heterocycles. The second-order valence-corrected chi connectivity index (χ2v) is 8.47. The highest BCUT2D eigenvalue weighted by Crippen LogP contribution is 2.30. The number of carbonyl (C=O) groups excluding carboxylic acids is 1. The minimum atomic E-state index is -0.170. The number of hydrogen-bond donors (Lipinski definition) is 2. The van der Waals surface area contributed by atoms with Gasteiger partial charge >= 0.3 is 0 Å². The molecule has 34 heavy (non-hydrogen) atoms. The summed E-state index contributed by atoms with van der Waals surface area (Å²) in [7, 11) is 5.79. The molecule has 4 aromatic rings. The Morgan fingerprint density at radius 3 is 2.74 bits per heavy atom. The molecule has 0 bridgehead atoms. The van der Waals surface area contributed by atoms with E-state index in [1.54, 1.807) is 17.1 Å². The Morgan fingerprint density at radius 2 is 1.97 bits per heavy atom. The minimum absolute atomic E-state index is 0.0742. The van der Waals surface area contributed by atoms with Gasteiger partial charge in [-0.2, -0.15) is 5.10 Å². The van der Waals surface area contributed by atoms with Gasteiger partial charge in [-0.3, -0.25) is 9.48 Å². The molecule has 0 spiro atoms. The molecular weight excluding hydrogens is 430 g/mol. The highest BCUT2D eigenvalue weighted by Gasteiger charge is 2.10. The van der Waals surface area contributed by atoms with Gasteiger partial charge in [-0.1, -0.05) is 11.6 Å². The first-order valence-corrected chi connectivity index (χ1v) is 11.0. The molecule has 9 heteroatoms. The Balaban J connectivity index is 1.55. The van der Waals surface area contributed by atoms with Crippen molar-refractivity contribution >= 4 is 28.4 Å². The summed E-state index contributed by atoms with van der Waals surface area (Å²) in [6.07, 6.45) is 5.51. The molecule has 0 saturated heterocycles. The van der Waals surface area contributed by atoms with E-state index in [4.69, 9.17) is 4.74 Å². The monoisotopic (exact) mass is 459 g/mol. The number of fused-ring (bicyclic) bond motifs is 1. The standard InChI is InChI=1S/C25H29N7O2/c1-17-5-6-23-19(9-17)13-27-25(30-23)29-21-10-18(20-14-28-32(4)15-20)11-22(12-21)34-16-24(33)26-7-8-31(2)3/h5-6,9-15H,7-8,16H2,1-4H3,(H,26,33)(H,27,29,30). The van der Waals surface area contributed by atoms with Crippen LogP contribution < -0.4 is 15.4 Å². The van der Waals surface area contributed by atoms with E-state index in [2.05, 4.69) is 31.8 Å². The van der Waals surface area contributed by atoms with Crippen LogP contribution >= 0.6 is 0 Å². The van der Waals surface area contributed by atoms with Crippen LogP contribution in [-0.2, 0) is 11.8 Å². The van der Waals surface area contributed by atoms with Crippen LogP contribution in [-0.4, -0.2) is 64.3 Å². The van der Waals surface area contributed by atoms with Crippen molar-refractivity contribution in [2.24, 2.45) is 7.05 Å². The fourth-order valence-electron chi connectivity index (χ4n) is 3.45. The largest absolute Gasteiger partial charge is 0.484 e. The number of benzene rings is 2. The molecule has 2 N–H and O–H groups in total. The Kier molecular flexibility index (Phi) is 7.03. The molecule has 2 aromatic heterocycles. The van der Waals surface area contributed by atoms with Gasteiger partial charge in [-0.05, 0) is 50.8 Å². The maximum absolute atomic E-state index is 12.2. The van der Waals surface area contributed by atoms with Crippen molar-refractivity contribution in [2.75, 3.05) is 39.1 Å². The zero-order valence-electron chi connectivity index (χ0n) is 19.9. The Morgan fingerprint density at radius 1 is 1.12 bits per heavy atom. The molecule has 0 aliphatic heterocycles. The van der Waals surface area contributed by atoms with Crippen molar-refractivity contribution in [1.82, 2.24) is 30.0 Å². The number of anilines is 2. The average molecular weight is 460 g/mol. The Hall–Kier alpha value is -3.98. The maximum atomic E-state index is 12.2. The lowest BCUT2D eigenvalue weighted by atomic mass is 10.1. The lowest BCUT2D eigenvalue weighted by molar-refractivity contribution is -0.123. The Bertz CT molecular complexity index is 1300. The van der Waals surface area contributed by atoms with E-state index in [0.29, 0.717) is 18.2 Å². The molecule has 176 valence electrons. The molecule has 0 aliphatic carbocycles. The van der Waals surface area contributed by atoms with Gasteiger partial charge in [0.25, 0.3) is 5.91 Å². The third kappa shape index (κ3) is 6.08. The van der Waals surface area contributed by atoms with Gasteiger partial charge in [0, 0.05) is 55.2 Å². The first-order chi connectivity index (χ1) is 16.4. The molecule has 0 aliphatic rings. The van der Waals surface area contributed by atoms with Gasteiger partial charge in [0.05, 0.1) is 11.7 Å². The van der Waals surface area contributed by atoms with E-state index in [-0.39, 0.29) is 12.5 Å². The lowest BCUT2D eigenvalue weighted by Crippen LogP contribution is -2.34. The first-order valence-electron chi connectivity index (χ1n) is 11.0. The van der Waals surface area contributed by atoms with Crippen LogP contribution in [0.25, 0.3) is 22.0 Å². The summed E-state index contributed by atoms with van der Waals surface area (Å²) in [4.78, 5) is 23.3. The second-order valence-electron chi connectivity index (χ2n) is 8.47. The molecule has 0 fully saturated rings. The number of rotatable bonds is 9. The highest BCUT2D eigenvalue weighted by molar-refractivity contribution is 5.80. The van der Waals surface area contributed by atoms with Gasteiger partial charge in [0.1, 0.15) is 5.75 Å². The number of carbonyl (C=O) groups is 1. The lowest BCUT2D eigenvalue weighted by Gasteiger charge is -2.13. The van der Waals surface area contributed by atoms with Gasteiger partial charge in [-0.15, -0.1) is 0 Å². The van der Waals surface area contributed by atoms with Gasteiger partial charge in [0.15, 0.2) is 6.61 Å². The zero-order valence-corrected chi connectivity index (χ0v) is 19.9. The van der Waals surface area contributed by atoms with Crippen LogP contribution in [0, 0.1) is 6.92 Å². The molecule has 9 nitrogen and oxygen atoms in total. The smallest absolute Gasteiger partial charge is 0.257 e. The molecule has 0 radical (unpaired) electrons. The summed E-state index contributed by atoms with van der Waals surface area (Å²) in [5, 5.41) is 11.4. The SMILES string of the molecule is Cc1ccc2nc(Nc3cc(OCC(=O)NCCN(C)C)cc(-c4cnn(C)c4)c3)ncc2c1. The first kappa shape index (κ1) is 23.2. The summed E-state index contributed by atoms with van der Waals surface area (Å²) in [5.74, 6) is 0.867. The van der Waals surface area contributed by atoms with Crippen LogP contribution in [0.15, 0.2) is 55.0 Å². The predicted octanol–water partition coefficient (Wildman–Crippen LogP) is 3.14. The fourth-order valence-corrected chi connectivity index (χ4v) is 3.45. The molecule has 0 unspecified atom stereocenters. The van der Waals surface area contributed by atoms with Crippen molar-refractivity contribution in [1.29, 1.82) is 0 Å². The number of ether oxygens (including phenoxy) is 1. The number of aryl methyl sites for hydroxylation is 2. The summed E-state index contributed by atoms with van der Waals surface area (Å²) < 4.78 is 7.56. The predicted molar refractivity (Wildman–Crippen MR) is 133 cm³/mol. The van der Waals surface area contributed by atoms with E-state index in [0.717, 1.165) is 39.8 Å². The van der Waals surface area contributed by atoms with Crippen molar-refractivity contribution in [2.45, 2.75) is 6.92 Å². The minimum Gasteiger partial charge on any atom is -0.484 e. The number of hydrogen-bond acceptors (Lipinski definition) is 7. The Labute approximate surface area is 198 Å². The summed E-state index contributed by atoms with van der Waals surface area (Å²) in [6.45, 7) is 3.30. The van der Waals surface area contributed by atoms with Gasteiger partial charge < -0.3 is 20.3 Å². The summed E-state index contributed by atoms with van der Waals surface area (Å²) >= 11 is 0. The quantitative estimate of drug-likeness (QED) is 0.397. The van der Waals surface area contributed by atoms with Crippen LogP contribution in [0.4, 0.5) is 11.6 Å². The highest BCUT2D eigenvalue weighted by atomic mass is 16.5. The molecule has 0 atom stereocenters. The van der Waals surface area contributed by atoms with E-state index < -0.39 is 0 Å². The summed E-state index contributed by atoms with van der Waals surface area (Å²) in [6, 6.07) is 11.8. The van der Waals surface area contributed by atoms with Crippen molar-refractivity contribution in [3.63, 3.8) is 0 Å². The van der Waals surface area contributed by atoms with E-state index >= 15 is 0 Å².